The smallest absolute Gasteiger partial charge is 0.363 e. The van der Waals surface area contributed by atoms with Gasteiger partial charge in [-0.05, 0) is 30.2 Å². The minimum absolute atomic E-state index is 0.275. The van der Waals surface area contributed by atoms with Crippen molar-refractivity contribution in [3.05, 3.63) is 29.5 Å². The summed E-state index contributed by atoms with van der Waals surface area (Å²) in [6.45, 7) is 4.09. The van der Waals surface area contributed by atoms with E-state index in [4.69, 9.17) is 14.2 Å². The Kier molecular flexibility index (Phi) is 4.62. The van der Waals surface area contributed by atoms with Gasteiger partial charge < -0.3 is 14.2 Å². The Morgan fingerprint density at radius 3 is 2.67 bits per heavy atom. The lowest BCUT2D eigenvalue weighted by Crippen LogP contribution is -2.06. The van der Waals surface area contributed by atoms with Gasteiger partial charge in [-0.25, -0.2) is 9.79 Å². The first-order valence-corrected chi connectivity index (χ1v) is 6.77. The maximum Gasteiger partial charge on any atom is 0.363 e. The van der Waals surface area contributed by atoms with Crippen molar-refractivity contribution in [1.82, 2.24) is 0 Å². The van der Waals surface area contributed by atoms with Crippen LogP contribution in [-0.2, 0) is 9.53 Å². The molecular formula is C16H19NO4. The van der Waals surface area contributed by atoms with Gasteiger partial charge in [0.25, 0.3) is 0 Å². The van der Waals surface area contributed by atoms with E-state index in [2.05, 4.69) is 4.99 Å². The van der Waals surface area contributed by atoms with Crippen LogP contribution >= 0.6 is 0 Å². The number of carbonyl (C=O) groups excluding carboxylic acids is 1. The van der Waals surface area contributed by atoms with Crippen LogP contribution in [0.5, 0.6) is 11.5 Å². The predicted molar refractivity (Wildman–Crippen MR) is 80.5 cm³/mol. The Balaban J connectivity index is 2.34. The first-order chi connectivity index (χ1) is 10.0. The molecule has 5 nitrogen and oxygen atoms in total. The Morgan fingerprint density at radius 2 is 2.05 bits per heavy atom. The van der Waals surface area contributed by atoms with E-state index in [1.54, 1.807) is 38.5 Å². The van der Waals surface area contributed by atoms with Gasteiger partial charge in [-0.1, -0.05) is 13.8 Å². The average Bonchev–Trinajstić information content (AvgIpc) is 2.77. The van der Waals surface area contributed by atoms with E-state index in [1.165, 1.54) is 0 Å². The third kappa shape index (κ3) is 3.62. The molecule has 0 saturated carbocycles. The number of carbonyl (C=O) groups is 1. The van der Waals surface area contributed by atoms with E-state index in [1.807, 2.05) is 13.8 Å². The summed E-state index contributed by atoms with van der Waals surface area (Å²) in [4.78, 5) is 16.1. The van der Waals surface area contributed by atoms with Crippen LogP contribution in [0.4, 0.5) is 0 Å². The van der Waals surface area contributed by atoms with Crippen molar-refractivity contribution in [3.8, 4) is 11.5 Å². The van der Waals surface area contributed by atoms with Crippen LogP contribution in [0, 0.1) is 5.92 Å². The fraction of sp³-hybridized carbons (Fsp3) is 0.375. The van der Waals surface area contributed by atoms with Gasteiger partial charge in [-0.3, -0.25) is 0 Å². The van der Waals surface area contributed by atoms with Gasteiger partial charge in [0.2, 0.25) is 0 Å². The average molecular weight is 289 g/mol. The molecule has 0 saturated heterocycles. The third-order valence-electron chi connectivity index (χ3n) is 2.98. The number of aliphatic imine (C=N–C) groups is 1. The van der Waals surface area contributed by atoms with E-state index < -0.39 is 5.97 Å². The molecule has 0 amide bonds. The lowest BCUT2D eigenvalue weighted by Gasteiger charge is -2.07. The van der Waals surface area contributed by atoms with E-state index in [9.17, 15) is 4.79 Å². The number of hydrogen-bond donors (Lipinski definition) is 0. The summed E-state index contributed by atoms with van der Waals surface area (Å²) < 4.78 is 15.6. The Morgan fingerprint density at radius 1 is 1.29 bits per heavy atom. The molecule has 1 aromatic carbocycles. The Hall–Kier alpha value is -2.30. The van der Waals surface area contributed by atoms with E-state index in [0.717, 1.165) is 5.56 Å². The number of benzene rings is 1. The van der Waals surface area contributed by atoms with Gasteiger partial charge in [-0.15, -0.1) is 0 Å². The molecule has 0 spiro atoms. The van der Waals surface area contributed by atoms with Crippen LogP contribution in [-0.4, -0.2) is 26.1 Å². The van der Waals surface area contributed by atoms with Crippen molar-refractivity contribution in [2.45, 2.75) is 20.3 Å². The molecule has 0 radical (unpaired) electrons. The van der Waals surface area contributed by atoms with Crippen LogP contribution in [0.1, 0.15) is 25.8 Å². The number of hydrogen-bond acceptors (Lipinski definition) is 5. The molecule has 0 aliphatic carbocycles. The summed E-state index contributed by atoms with van der Waals surface area (Å²) in [5.41, 5.74) is 0.996. The lowest BCUT2D eigenvalue weighted by molar-refractivity contribution is -0.130. The molecule has 2 rings (SSSR count). The van der Waals surface area contributed by atoms with Gasteiger partial charge in [-0.2, -0.15) is 0 Å². The molecule has 1 aliphatic rings. The van der Waals surface area contributed by atoms with E-state index >= 15 is 0 Å². The topological polar surface area (TPSA) is 57.1 Å². The highest BCUT2D eigenvalue weighted by atomic mass is 16.6. The fourth-order valence-corrected chi connectivity index (χ4v) is 1.99. The second-order valence-electron chi connectivity index (χ2n) is 5.13. The number of ether oxygens (including phenoxy) is 3. The maximum absolute atomic E-state index is 11.8. The zero-order valence-corrected chi connectivity index (χ0v) is 12.7. The molecule has 0 fully saturated rings. The monoisotopic (exact) mass is 289 g/mol. The summed E-state index contributed by atoms with van der Waals surface area (Å²) in [5.74, 6) is 1.73. The standard InChI is InChI=1S/C16H19NO4/c1-10(2)7-15-17-13(16(18)21-15)9-11-8-12(19-3)5-6-14(11)20-4/h5-6,8-10H,7H2,1-4H3/b13-9-. The number of esters is 1. The SMILES string of the molecule is COc1ccc(OC)c(/C=C2\N=C(CC(C)C)OC2=O)c1. The first kappa shape index (κ1) is 15.1. The summed E-state index contributed by atoms with van der Waals surface area (Å²) in [7, 11) is 3.16. The molecule has 0 unspecified atom stereocenters. The van der Waals surface area contributed by atoms with Gasteiger partial charge in [0.1, 0.15) is 11.5 Å². The minimum atomic E-state index is -0.435. The van der Waals surface area contributed by atoms with Crippen LogP contribution in [0.3, 0.4) is 0 Å². The Bertz CT molecular complexity index is 602. The predicted octanol–water partition coefficient (Wildman–Crippen LogP) is 3.05. The Labute approximate surface area is 124 Å². The molecule has 112 valence electrons. The number of methoxy groups -OCH3 is 2. The second kappa shape index (κ2) is 6.43. The van der Waals surface area contributed by atoms with Crippen molar-refractivity contribution < 1.29 is 19.0 Å². The number of nitrogens with zero attached hydrogens (tertiary/aromatic N) is 1. The molecule has 5 heteroatoms. The highest BCUT2D eigenvalue weighted by Gasteiger charge is 2.23. The van der Waals surface area contributed by atoms with Crippen molar-refractivity contribution in [1.29, 1.82) is 0 Å². The molecule has 1 aromatic rings. The largest absolute Gasteiger partial charge is 0.497 e. The summed E-state index contributed by atoms with van der Waals surface area (Å²) in [5, 5.41) is 0. The molecule has 1 aliphatic heterocycles. The molecular weight excluding hydrogens is 270 g/mol. The summed E-state index contributed by atoms with van der Waals surface area (Å²) >= 11 is 0. The maximum atomic E-state index is 11.8. The van der Waals surface area contributed by atoms with Crippen molar-refractivity contribution in [3.63, 3.8) is 0 Å². The molecule has 21 heavy (non-hydrogen) atoms. The molecule has 0 bridgehead atoms. The normalized spacial score (nSPS) is 16.1. The van der Waals surface area contributed by atoms with Crippen LogP contribution in [0.25, 0.3) is 6.08 Å². The summed E-state index contributed by atoms with van der Waals surface area (Å²) in [6.07, 6.45) is 2.29. The first-order valence-electron chi connectivity index (χ1n) is 6.77. The molecule has 0 aromatic heterocycles. The zero-order valence-electron chi connectivity index (χ0n) is 12.7. The molecule has 0 N–H and O–H groups in total. The van der Waals surface area contributed by atoms with Crippen LogP contribution in [0.15, 0.2) is 28.9 Å². The highest BCUT2D eigenvalue weighted by Crippen LogP contribution is 2.28. The van der Waals surface area contributed by atoms with Crippen molar-refractivity contribution >= 4 is 17.9 Å². The minimum Gasteiger partial charge on any atom is -0.497 e. The van der Waals surface area contributed by atoms with Crippen LogP contribution in [0.2, 0.25) is 0 Å². The zero-order chi connectivity index (χ0) is 15.4. The van der Waals surface area contributed by atoms with Gasteiger partial charge >= 0.3 is 5.97 Å². The highest BCUT2D eigenvalue weighted by molar-refractivity contribution is 6.07. The van der Waals surface area contributed by atoms with Crippen LogP contribution < -0.4 is 9.47 Å². The van der Waals surface area contributed by atoms with E-state index in [0.29, 0.717) is 29.7 Å². The van der Waals surface area contributed by atoms with Gasteiger partial charge in [0, 0.05) is 12.0 Å². The molecule has 0 atom stereocenters. The van der Waals surface area contributed by atoms with Gasteiger partial charge in [0.15, 0.2) is 11.6 Å². The quantitative estimate of drug-likeness (QED) is 0.617. The number of rotatable bonds is 5. The second-order valence-corrected chi connectivity index (χ2v) is 5.13. The summed E-state index contributed by atoms with van der Waals surface area (Å²) in [6, 6.07) is 5.36. The third-order valence-corrected chi connectivity index (χ3v) is 2.98. The number of cyclic esters (lactones) is 1. The van der Waals surface area contributed by atoms with E-state index in [-0.39, 0.29) is 5.70 Å². The van der Waals surface area contributed by atoms with Gasteiger partial charge in [0.05, 0.1) is 14.2 Å². The molecule has 1 heterocycles. The lowest BCUT2D eigenvalue weighted by atomic mass is 10.1. The van der Waals surface area contributed by atoms with Crippen molar-refractivity contribution in [2.24, 2.45) is 10.9 Å². The van der Waals surface area contributed by atoms with Crippen molar-refractivity contribution in [2.75, 3.05) is 14.2 Å². The fourth-order valence-electron chi connectivity index (χ4n) is 1.99.